The van der Waals surface area contributed by atoms with Gasteiger partial charge in [0, 0.05) is 6.54 Å². The quantitative estimate of drug-likeness (QED) is 0.613. The van der Waals surface area contributed by atoms with E-state index >= 15 is 0 Å². The number of quaternary nitrogens is 1. The van der Waals surface area contributed by atoms with Crippen molar-refractivity contribution >= 4 is 27.5 Å². The molecule has 28 heavy (non-hydrogen) atoms. The molecule has 0 radical (unpaired) electrons. The second kappa shape index (κ2) is 9.30. The Balaban J connectivity index is 1.47. The van der Waals surface area contributed by atoms with E-state index in [0.29, 0.717) is 19.0 Å². The highest BCUT2D eigenvalue weighted by molar-refractivity contribution is 7.18. The van der Waals surface area contributed by atoms with Gasteiger partial charge in [-0.25, -0.2) is 4.98 Å². The molecular weight excluding hydrogens is 366 g/mol. The van der Waals surface area contributed by atoms with Crippen molar-refractivity contribution in [2.45, 2.75) is 39.2 Å². The van der Waals surface area contributed by atoms with Gasteiger partial charge in [0.15, 0.2) is 11.6 Å². The van der Waals surface area contributed by atoms with Gasteiger partial charge in [0.05, 0.1) is 17.3 Å². The molecule has 148 valence electrons. The molecule has 0 saturated heterocycles. The second-order valence-electron chi connectivity index (χ2n) is 7.76. The number of carbonyl (C=O) groups excluding carboxylic acids is 1. The van der Waals surface area contributed by atoms with Crippen LogP contribution in [-0.2, 0) is 11.2 Å². The van der Waals surface area contributed by atoms with Gasteiger partial charge in [-0.3, -0.25) is 4.79 Å². The lowest BCUT2D eigenvalue weighted by Crippen LogP contribution is -3.10. The number of benzene rings is 2. The normalized spacial score (nSPS) is 13.6. The molecule has 0 saturated carbocycles. The van der Waals surface area contributed by atoms with Crippen molar-refractivity contribution in [3.63, 3.8) is 0 Å². The van der Waals surface area contributed by atoms with E-state index in [4.69, 9.17) is 4.98 Å². The summed E-state index contributed by atoms with van der Waals surface area (Å²) in [6.45, 7) is 7.65. The summed E-state index contributed by atoms with van der Waals surface area (Å²) in [5.41, 5.74) is 3.64. The lowest BCUT2D eigenvalue weighted by Gasteiger charge is -2.19. The maximum Gasteiger partial charge on any atom is 0.275 e. The van der Waals surface area contributed by atoms with Crippen molar-refractivity contribution in [1.82, 2.24) is 10.3 Å². The molecule has 3 aromatic rings. The largest absolute Gasteiger partial charge is 0.351 e. The van der Waals surface area contributed by atoms with E-state index in [1.807, 2.05) is 18.2 Å². The Kier molecular flexibility index (Phi) is 6.81. The highest BCUT2D eigenvalue weighted by Gasteiger charge is 2.21. The number of amides is 1. The standard InChI is InChI=1S/C23H29N3OS/c1-16(2)19-11-9-18(10-12-19)13-14-24-22(27)15-26(4)17(3)23-25-20-7-5-6-8-21(20)28-23/h5-12,16-17H,13-15H2,1-4H3,(H,24,27)/p+1/t17-/m0/s1. The molecular formula is C23H30N3OS+. The van der Waals surface area contributed by atoms with Crippen molar-refractivity contribution in [2.75, 3.05) is 20.1 Å². The number of carbonyl (C=O) groups is 1. The third-order valence-corrected chi connectivity index (χ3v) is 6.46. The number of rotatable bonds is 8. The molecule has 1 heterocycles. The minimum atomic E-state index is 0.0873. The van der Waals surface area contributed by atoms with Gasteiger partial charge in [-0.2, -0.15) is 0 Å². The summed E-state index contributed by atoms with van der Waals surface area (Å²) in [5.74, 6) is 0.633. The Morgan fingerprint density at radius 2 is 1.82 bits per heavy atom. The van der Waals surface area contributed by atoms with Crippen LogP contribution >= 0.6 is 11.3 Å². The number of thiazole rings is 1. The maximum absolute atomic E-state index is 12.3. The topological polar surface area (TPSA) is 46.4 Å². The lowest BCUT2D eigenvalue weighted by molar-refractivity contribution is -0.902. The van der Waals surface area contributed by atoms with E-state index in [2.05, 4.69) is 63.5 Å². The number of hydrogen-bond acceptors (Lipinski definition) is 3. The smallest absolute Gasteiger partial charge is 0.275 e. The Bertz CT molecular complexity index is 884. The molecule has 0 spiro atoms. The van der Waals surface area contributed by atoms with Crippen LogP contribution in [0.2, 0.25) is 0 Å². The van der Waals surface area contributed by atoms with Crippen LogP contribution in [0.1, 0.15) is 48.9 Å². The molecule has 1 unspecified atom stereocenters. The van der Waals surface area contributed by atoms with E-state index in [9.17, 15) is 4.79 Å². The number of aromatic nitrogens is 1. The number of nitrogens with zero attached hydrogens (tertiary/aromatic N) is 1. The van der Waals surface area contributed by atoms with Crippen molar-refractivity contribution in [3.05, 3.63) is 64.7 Å². The molecule has 0 fully saturated rings. The predicted octanol–water partition coefficient (Wildman–Crippen LogP) is 3.35. The van der Waals surface area contributed by atoms with Crippen LogP contribution in [0.3, 0.4) is 0 Å². The first kappa shape index (κ1) is 20.5. The summed E-state index contributed by atoms with van der Waals surface area (Å²) in [5, 5.41) is 4.14. The Morgan fingerprint density at radius 1 is 1.11 bits per heavy atom. The van der Waals surface area contributed by atoms with E-state index in [-0.39, 0.29) is 11.9 Å². The summed E-state index contributed by atoms with van der Waals surface area (Å²) in [6, 6.07) is 17.1. The van der Waals surface area contributed by atoms with Gasteiger partial charge in [0.1, 0.15) is 6.04 Å². The van der Waals surface area contributed by atoms with Crippen LogP contribution in [0.15, 0.2) is 48.5 Å². The van der Waals surface area contributed by atoms with Crippen molar-refractivity contribution in [3.8, 4) is 0 Å². The first-order chi connectivity index (χ1) is 13.4. The molecule has 1 amide bonds. The van der Waals surface area contributed by atoms with Gasteiger partial charge >= 0.3 is 0 Å². The number of nitrogens with one attached hydrogen (secondary N) is 2. The zero-order valence-electron chi connectivity index (χ0n) is 17.2. The van der Waals surface area contributed by atoms with Gasteiger partial charge < -0.3 is 10.2 Å². The van der Waals surface area contributed by atoms with Crippen LogP contribution in [0.4, 0.5) is 0 Å². The summed E-state index contributed by atoms with van der Waals surface area (Å²) in [6.07, 6.45) is 0.858. The summed E-state index contributed by atoms with van der Waals surface area (Å²) < 4.78 is 1.20. The van der Waals surface area contributed by atoms with Gasteiger partial charge in [0.2, 0.25) is 0 Å². The summed E-state index contributed by atoms with van der Waals surface area (Å²) in [7, 11) is 2.06. The molecule has 2 N–H and O–H groups in total. The third kappa shape index (κ3) is 5.18. The fraction of sp³-hybridized carbons (Fsp3) is 0.391. The predicted molar refractivity (Wildman–Crippen MR) is 117 cm³/mol. The zero-order valence-corrected chi connectivity index (χ0v) is 18.0. The number of para-hydroxylation sites is 1. The van der Waals surface area contributed by atoms with Crippen LogP contribution in [-0.4, -0.2) is 31.0 Å². The number of fused-ring (bicyclic) bond motifs is 1. The summed E-state index contributed by atoms with van der Waals surface area (Å²) in [4.78, 5) is 18.2. The monoisotopic (exact) mass is 396 g/mol. The second-order valence-corrected chi connectivity index (χ2v) is 8.82. The van der Waals surface area contributed by atoms with Gasteiger partial charge in [-0.15, -0.1) is 11.3 Å². The van der Waals surface area contributed by atoms with Crippen LogP contribution in [0.5, 0.6) is 0 Å². The SMILES string of the molecule is CC(C)c1ccc(CCNC(=O)C[NH+](C)[C@@H](C)c2nc3ccccc3s2)cc1. The lowest BCUT2D eigenvalue weighted by atomic mass is 10.0. The molecule has 0 aliphatic carbocycles. The van der Waals surface area contributed by atoms with Crippen molar-refractivity contribution in [2.24, 2.45) is 0 Å². The molecule has 4 nitrogen and oxygen atoms in total. The van der Waals surface area contributed by atoms with Crippen molar-refractivity contribution < 1.29 is 9.69 Å². The Labute approximate surface area is 171 Å². The molecule has 0 aliphatic rings. The number of likely N-dealkylation sites (N-methyl/N-ethyl adjacent to an activating group) is 1. The van der Waals surface area contributed by atoms with E-state index in [1.54, 1.807) is 11.3 Å². The average molecular weight is 397 g/mol. The zero-order chi connectivity index (χ0) is 20.1. The fourth-order valence-corrected chi connectivity index (χ4v) is 4.28. The molecule has 2 aromatic carbocycles. The highest BCUT2D eigenvalue weighted by Crippen LogP contribution is 2.24. The van der Waals surface area contributed by atoms with E-state index in [0.717, 1.165) is 21.8 Å². The van der Waals surface area contributed by atoms with Crippen LogP contribution in [0.25, 0.3) is 10.2 Å². The minimum absolute atomic E-state index is 0.0873. The molecule has 3 rings (SSSR count). The van der Waals surface area contributed by atoms with Crippen molar-refractivity contribution in [1.29, 1.82) is 0 Å². The van der Waals surface area contributed by atoms with Gasteiger partial charge in [-0.05, 0) is 42.5 Å². The molecule has 2 atom stereocenters. The van der Waals surface area contributed by atoms with Gasteiger partial charge in [0.25, 0.3) is 5.91 Å². The maximum atomic E-state index is 12.3. The molecule has 1 aromatic heterocycles. The number of hydrogen-bond donors (Lipinski definition) is 2. The Hall–Kier alpha value is -2.24. The molecule has 0 bridgehead atoms. The Morgan fingerprint density at radius 3 is 2.50 bits per heavy atom. The highest BCUT2D eigenvalue weighted by atomic mass is 32.1. The first-order valence-corrected chi connectivity index (χ1v) is 10.8. The van der Waals surface area contributed by atoms with E-state index < -0.39 is 0 Å². The average Bonchev–Trinajstić information content (AvgIpc) is 3.12. The minimum Gasteiger partial charge on any atom is -0.351 e. The first-order valence-electron chi connectivity index (χ1n) is 9.97. The summed E-state index contributed by atoms with van der Waals surface area (Å²) >= 11 is 1.72. The molecule has 0 aliphatic heterocycles. The fourth-order valence-electron chi connectivity index (χ4n) is 3.17. The third-order valence-electron chi connectivity index (χ3n) is 5.24. The molecule has 5 heteroatoms. The van der Waals surface area contributed by atoms with E-state index in [1.165, 1.54) is 15.8 Å². The van der Waals surface area contributed by atoms with Gasteiger partial charge in [-0.1, -0.05) is 50.2 Å². The van der Waals surface area contributed by atoms with Crippen LogP contribution in [0, 0.1) is 0 Å². The van der Waals surface area contributed by atoms with Crippen LogP contribution < -0.4 is 10.2 Å².